The SMILES string of the molecule is c1ccc(SCc2ccc3ccccc3c2)cc1. The second kappa shape index (κ2) is 5.28. The van der Waals surface area contributed by atoms with Gasteiger partial charge in [0.25, 0.3) is 0 Å². The smallest absolute Gasteiger partial charge is 0.0232 e. The van der Waals surface area contributed by atoms with Crippen molar-refractivity contribution in [3.8, 4) is 0 Å². The van der Waals surface area contributed by atoms with Gasteiger partial charge in [0.1, 0.15) is 0 Å². The molecule has 0 N–H and O–H groups in total. The van der Waals surface area contributed by atoms with E-state index in [-0.39, 0.29) is 0 Å². The minimum Gasteiger partial charge on any atom is -0.121 e. The molecule has 3 rings (SSSR count). The molecule has 0 atom stereocenters. The van der Waals surface area contributed by atoms with Crippen LogP contribution in [-0.4, -0.2) is 0 Å². The van der Waals surface area contributed by atoms with Gasteiger partial charge in [0.15, 0.2) is 0 Å². The Labute approximate surface area is 112 Å². The Morgan fingerprint density at radius 3 is 2.22 bits per heavy atom. The van der Waals surface area contributed by atoms with Crippen molar-refractivity contribution in [1.29, 1.82) is 0 Å². The molecular formula is C17H14S. The first-order valence-electron chi connectivity index (χ1n) is 6.07. The molecule has 0 heterocycles. The quantitative estimate of drug-likeness (QED) is 0.580. The molecule has 0 unspecified atom stereocenters. The summed E-state index contributed by atoms with van der Waals surface area (Å²) in [5.41, 5.74) is 1.38. The van der Waals surface area contributed by atoms with Gasteiger partial charge in [-0.3, -0.25) is 0 Å². The molecule has 0 aliphatic carbocycles. The van der Waals surface area contributed by atoms with Crippen LogP contribution >= 0.6 is 11.8 Å². The molecule has 0 amide bonds. The molecule has 0 radical (unpaired) electrons. The van der Waals surface area contributed by atoms with Gasteiger partial charge < -0.3 is 0 Å². The summed E-state index contributed by atoms with van der Waals surface area (Å²) in [4.78, 5) is 1.32. The highest BCUT2D eigenvalue weighted by molar-refractivity contribution is 7.98. The Morgan fingerprint density at radius 1 is 0.667 bits per heavy atom. The normalized spacial score (nSPS) is 10.7. The summed E-state index contributed by atoms with van der Waals surface area (Å²) >= 11 is 1.88. The van der Waals surface area contributed by atoms with Crippen LogP contribution in [0.15, 0.2) is 77.7 Å². The molecule has 1 heteroatoms. The van der Waals surface area contributed by atoms with Crippen molar-refractivity contribution >= 4 is 22.5 Å². The molecule has 0 aliphatic heterocycles. The summed E-state index contributed by atoms with van der Waals surface area (Å²) in [6, 6.07) is 25.8. The zero-order valence-electron chi connectivity index (χ0n) is 10.0. The first-order valence-corrected chi connectivity index (χ1v) is 7.06. The molecule has 0 saturated carbocycles. The van der Waals surface area contributed by atoms with Crippen molar-refractivity contribution < 1.29 is 0 Å². The highest BCUT2D eigenvalue weighted by atomic mass is 32.2. The summed E-state index contributed by atoms with van der Waals surface area (Å²) in [5, 5.41) is 2.63. The third kappa shape index (κ3) is 2.57. The van der Waals surface area contributed by atoms with E-state index in [9.17, 15) is 0 Å². The van der Waals surface area contributed by atoms with Crippen LogP contribution in [0.1, 0.15) is 5.56 Å². The first-order chi connectivity index (χ1) is 8.92. The Balaban J connectivity index is 1.79. The van der Waals surface area contributed by atoms with Crippen LogP contribution in [0, 0.1) is 0 Å². The minimum absolute atomic E-state index is 1.02. The van der Waals surface area contributed by atoms with E-state index in [2.05, 4.69) is 72.8 Å². The van der Waals surface area contributed by atoms with Gasteiger partial charge in [-0.1, -0.05) is 60.7 Å². The van der Waals surface area contributed by atoms with Gasteiger partial charge in [-0.25, -0.2) is 0 Å². The molecule has 18 heavy (non-hydrogen) atoms. The Bertz CT molecular complexity index is 644. The molecule has 0 saturated heterocycles. The van der Waals surface area contributed by atoms with E-state index >= 15 is 0 Å². The molecule has 3 aromatic rings. The van der Waals surface area contributed by atoms with Crippen LogP contribution in [0.4, 0.5) is 0 Å². The van der Waals surface area contributed by atoms with E-state index in [0.29, 0.717) is 0 Å². The summed E-state index contributed by atoms with van der Waals surface area (Å²) in [6.45, 7) is 0. The molecule has 3 aromatic carbocycles. The Hall–Kier alpha value is -1.73. The fourth-order valence-corrected chi connectivity index (χ4v) is 2.87. The topological polar surface area (TPSA) is 0 Å². The van der Waals surface area contributed by atoms with E-state index in [0.717, 1.165) is 5.75 Å². The van der Waals surface area contributed by atoms with E-state index in [1.54, 1.807) is 0 Å². The third-order valence-corrected chi connectivity index (χ3v) is 4.05. The van der Waals surface area contributed by atoms with Crippen molar-refractivity contribution in [3.05, 3.63) is 78.4 Å². The summed E-state index contributed by atoms with van der Waals surface area (Å²) < 4.78 is 0. The lowest BCUT2D eigenvalue weighted by Crippen LogP contribution is -1.81. The fraction of sp³-hybridized carbons (Fsp3) is 0.0588. The largest absolute Gasteiger partial charge is 0.121 e. The molecule has 0 aromatic heterocycles. The van der Waals surface area contributed by atoms with Gasteiger partial charge in [-0.05, 0) is 28.5 Å². The van der Waals surface area contributed by atoms with Crippen LogP contribution in [0.2, 0.25) is 0 Å². The number of thioether (sulfide) groups is 1. The zero-order chi connectivity index (χ0) is 12.2. The maximum absolute atomic E-state index is 2.28. The lowest BCUT2D eigenvalue weighted by molar-refractivity contribution is 1.39. The highest BCUT2D eigenvalue weighted by Crippen LogP contribution is 2.24. The van der Waals surface area contributed by atoms with E-state index in [1.807, 2.05) is 11.8 Å². The molecular weight excluding hydrogens is 236 g/mol. The van der Waals surface area contributed by atoms with Crippen LogP contribution in [0.25, 0.3) is 10.8 Å². The molecule has 0 spiro atoms. The maximum atomic E-state index is 2.28. The standard InChI is InChI=1S/C17H14S/c1-2-8-17(9-3-1)18-13-14-10-11-15-6-4-5-7-16(15)12-14/h1-12H,13H2. The van der Waals surface area contributed by atoms with E-state index in [1.165, 1.54) is 21.2 Å². The summed E-state index contributed by atoms with van der Waals surface area (Å²) in [6.07, 6.45) is 0. The fourth-order valence-electron chi connectivity index (χ4n) is 2.01. The number of hydrogen-bond donors (Lipinski definition) is 0. The molecule has 88 valence electrons. The third-order valence-electron chi connectivity index (χ3n) is 2.96. The highest BCUT2D eigenvalue weighted by Gasteiger charge is 1.98. The molecule has 0 bridgehead atoms. The zero-order valence-corrected chi connectivity index (χ0v) is 10.9. The van der Waals surface area contributed by atoms with Crippen LogP contribution in [0.3, 0.4) is 0 Å². The number of benzene rings is 3. The Kier molecular flexibility index (Phi) is 3.33. The summed E-state index contributed by atoms with van der Waals surface area (Å²) in [5.74, 6) is 1.02. The van der Waals surface area contributed by atoms with Crippen molar-refractivity contribution in [1.82, 2.24) is 0 Å². The van der Waals surface area contributed by atoms with Crippen LogP contribution < -0.4 is 0 Å². The average molecular weight is 250 g/mol. The van der Waals surface area contributed by atoms with Gasteiger partial charge in [0.2, 0.25) is 0 Å². The van der Waals surface area contributed by atoms with Gasteiger partial charge in [0, 0.05) is 10.6 Å². The van der Waals surface area contributed by atoms with Crippen molar-refractivity contribution in [2.45, 2.75) is 10.6 Å². The average Bonchev–Trinajstić information content (AvgIpc) is 2.46. The maximum Gasteiger partial charge on any atom is 0.0232 e. The van der Waals surface area contributed by atoms with E-state index < -0.39 is 0 Å². The number of hydrogen-bond acceptors (Lipinski definition) is 1. The van der Waals surface area contributed by atoms with Crippen molar-refractivity contribution in [2.24, 2.45) is 0 Å². The van der Waals surface area contributed by atoms with Crippen LogP contribution in [-0.2, 0) is 5.75 Å². The van der Waals surface area contributed by atoms with Gasteiger partial charge >= 0.3 is 0 Å². The second-order valence-corrected chi connectivity index (χ2v) is 5.33. The number of fused-ring (bicyclic) bond motifs is 1. The molecule has 0 nitrogen and oxygen atoms in total. The predicted molar refractivity (Wildman–Crippen MR) is 80.0 cm³/mol. The van der Waals surface area contributed by atoms with Gasteiger partial charge in [-0.2, -0.15) is 0 Å². The molecule has 0 aliphatic rings. The van der Waals surface area contributed by atoms with Crippen LogP contribution in [0.5, 0.6) is 0 Å². The molecule has 0 fully saturated rings. The minimum atomic E-state index is 1.02. The van der Waals surface area contributed by atoms with E-state index in [4.69, 9.17) is 0 Å². The lowest BCUT2D eigenvalue weighted by Gasteiger charge is -2.04. The predicted octanol–water partition coefficient (Wildman–Crippen LogP) is 5.13. The monoisotopic (exact) mass is 250 g/mol. The second-order valence-electron chi connectivity index (χ2n) is 4.28. The Morgan fingerprint density at radius 2 is 1.39 bits per heavy atom. The lowest BCUT2D eigenvalue weighted by atomic mass is 10.1. The summed E-state index contributed by atoms with van der Waals surface area (Å²) in [7, 11) is 0. The van der Waals surface area contributed by atoms with Gasteiger partial charge in [-0.15, -0.1) is 11.8 Å². The van der Waals surface area contributed by atoms with Gasteiger partial charge in [0.05, 0.1) is 0 Å². The van der Waals surface area contributed by atoms with Crippen molar-refractivity contribution in [2.75, 3.05) is 0 Å². The number of rotatable bonds is 3. The first kappa shape index (κ1) is 11.4. The van der Waals surface area contributed by atoms with Crippen molar-refractivity contribution in [3.63, 3.8) is 0 Å².